The number of rotatable bonds is 9. The highest BCUT2D eigenvalue weighted by atomic mass is 19.1. The molecule has 1 aliphatic rings. The lowest BCUT2D eigenvalue weighted by Crippen LogP contribution is -2.50. The largest absolute Gasteiger partial charge is 0.381 e. The second-order valence-electron chi connectivity index (χ2n) is 8.85. The van der Waals surface area contributed by atoms with Gasteiger partial charge in [0.2, 0.25) is 0 Å². The lowest BCUT2D eigenvalue weighted by molar-refractivity contribution is 0.0369. The van der Waals surface area contributed by atoms with Crippen LogP contribution in [0.2, 0.25) is 0 Å². The Hall–Kier alpha value is -2.18. The monoisotopic (exact) mass is 413 g/mol. The Kier molecular flexibility index (Phi) is 6.98. The van der Waals surface area contributed by atoms with Crippen LogP contribution in [0.25, 0.3) is 0 Å². The molecule has 6 heteroatoms. The van der Waals surface area contributed by atoms with Gasteiger partial charge in [0.1, 0.15) is 5.82 Å². The van der Waals surface area contributed by atoms with Crippen LogP contribution in [-0.2, 0) is 11.2 Å². The summed E-state index contributed by atoms with van der Waals surface area (Å²) >= 11 is 0. The van der Waals surface area contributed by atoms with E-state index in [0.717, 1.165) is 43.7 Å². The molecule has 0 radical (unpaired) electrons. The van der Waals surface area contributed by atoms with Crippen molar-refractivity contribution in [1.82, 2.24) is 14.9 Å². The molecule has 5 nitrogen and oxygen atoms in total. The molecule has 1 aliphatic heterocycles. The predicted octanol–water partition coefficient (Wildman–Crippen LogP) is 4.25. The zero-order valence-corrected chi connectivity index (χ0v) is 18.4. The van der Waals surface area contributed by atoms with Crippen LogP contribution in [0.4, 0.5) is 4.39 Å². The van der Waals surface area contributed by atoms with E-state index in [9.17, 15) is 9.18 Å². The van der Waals surface area contributed by atoms with Crippen LogP contribution in [0.5, 0.6) is 0 Å². The quantitative estimate of drug-likeness (QED) is 0.576. The molecule has 0 amide bonds. The van der Waals surface area contributed by atoms with Crippen LogP contribution in [0.15, 0.2) is 36.7 Å². The zero-order valence-electron chi connectivity index (χ0n) is 18.4. The first-order chi connectivity index (χ1) is 14.3. The van der Waals surface area contributed by atoms with Gasteiger partial charge in [-0.1, -0.05) is 0 Å². The number of hydrogen-bond acceptors (Lipinski definition) is 5. The summed E-state index contributed by atoms with van der Waals surface area (Å²) < 4.78 is 19.0. The second kappa shape index (κ2) is 9.31. The van der Waals surface area contributed by atoms with E-state index < -0.39 is 5.54 Å². The number of ether oxygens (including phenoxy) is 1. The van der Waals surface area contributed by atoms with Crippen molar-refractivity contribution in [2.75, 3.05) is 26.3 Å². The van der Waals surface area contributed by atoms with Crippen molar-refractivity contribution < 1.29 is 13.9 Å². The Balaban J connectivity index is 1.73. The lowest BCUT2D eigenvalue weighted by atomic mass is 9.82. The average molecular weight is 414 g/mol. The summed E-state index contributed by atoms with van der Waals surface area (Å²) in [4.78, 5) is 24.0. The van der Waals surface area contributed by atoms with Crippen molar-refractivity contribution in [2.24, 2.45) is 5.41 Å². The molecular weight excluding hydrogens is 381 g/mol. The number of carbonyl (C=O) groups is 1. The van der Waals surface area contributed by atoms with Gasteiger partial charge in [0.15, 0.2) is 5.78 Å². The third-order valence-corrected chi connectivity index (χ3v) is 6.27. The molecule has 1 fully saturated rings. The summed E-state index contributed by atoms with van der Waals surface area (Å²) in [5.41, 5.74) is 1.75. The Morgan fingerprint density at radius 1 is 1.23 bits per heavy atom. The highest BCUT2D eigenvalue weighted by Gasteiger charge is 2.45. The van der Waals surface area contributed by atoms with Gasteiger partial charge in [-0.15, -0.1) is 0 Å². The van der Waals surface area contributed by atoms with Gasteiger partial charge in [-0.25, -0.2) is 4.39 Å². The number of aryl methyl sites for hydroxylation is 2. The standard InChI is InChI=1S/C24H32FN3O2/c1-5-30-17-24(11-10-21-9-8-20(25)15-27-21)12-13-28(16-24)23(3,4)22(29)19-7-6-18(2)26-14-19/h6-9,14-15H,5,10-13,16-17H2,1-4H3. The van der Waals surface area contributed by atoms with Crippen LogP contribution in [0.3, 0.4) is 0 Å². The van der Waals surface area contributed by atoms with E-state index in [4.69, 9.17) is 4.74 Å². The Labute approximate surface area is 178 Å². The second-order valence-corrected chi connectivity index (χ2v) is 8.85. The van der Waals surface area contributed by atoms with Gasteiger partial charge in [0.05, 0.1) is 18.3 Å². The molecule has 3 heterocycles. The SMILES string of the molecule is CCOCC1(CCc2ccc(F)cn2)CCN(C(C)(C)C(=O)c2ccc(C)nc2)C1. The first kappa shape index (κ1) is 22.5. The van der Waals surface area contributed by atoms with E-state index in [2.05, 4.69) is 14.9 Å². The molecule has 1 atom stereocenters. The molecular formula is C24H32FN3O2. The minimum atomic E-state index is -0.626. The van der Waals surface area contributed by atoms with E-state index in [-0.39, 0.29) is 17.0 Å². The Morgan fingerprint density at radius 2 is 2.03 bits per heavy atom. The number of nitrogens with zero attached hydrogens (tertiary/aromatic N) is 3. The van der Waals surface area contributed by atoms with Crippen LogP contribution in [0, 0.1) is 18.2 Å². The minimum Gasteiger partial charge on any atom is -0.381 e. The maximum Gasteiger partial charge on any atom is 0.184 e. The number of carbonyl (C=O) groups excluding carboxylic acids is 1. The first-order valence-corrected chi connectivity index (χ1v) is 10.7. The predicted molar refractivity (Wildman–Crippen MR) is 115 cm³/mol. The van der Waals surface area contributed by atoms with E-state index in [1.165, 1.54) is 12.3 Å². The molecule has 0 spiro atoms. The molecule has 2 aromatic rings. The number of hydrogen-bond donors (Lipinski definition) is 0. The molecule has 0 bridgehead atoms. The lowest BCUT2D eigenvalue weighted by Gasteiger charge is -2.36. The normalized spacial score (nSPS) is 19.9. The fraction of sp³-hybridized carbons (Fsp3) is 0.542. The van der Waals surface area contributed by atoms with Gasteiger partial charge >= 0.3 is 0 Å². The van der Waals surface area contributed by atoms with E-state index in [1.807, 2.05) is 39.8 Å². The van der Waals surface area contributed by atoms with E-state index >= 15 is 0 Å². The van der Waals surface area contributed by atoms with Crippen LogP contribution in [-0.4, -0.2) is 52.5 Å². The van der Waals surface area contributed by atoms with Crippen molar-refractivity contribution in [3.8, 4) is 0 Å². The molecule has 1 unspecified atom stereocenters. The fourth-order valence-electron chi connectivity index (χ4n) is 4.17. The summed E-state index contributed by atoms with van der Waals surface area (Å²) in [5.74, 6) is -0.233. The number of aromatic nitrogens is 2. The molecule has 162 valence electrons. The van der Waals surface area contributed by atoms with Crippen LogP contribution < -0.4 is 0 Å². The molecule has 0 saturated carbocycles. The van der Waals surface area contributed by atoms with Gasteiger partial charge in [-0.05, 0) is 77.8 Å². The van der Waals surface area contributed by atoms with Crippen LogP contribution in [0.1, 0.15) is 55.4 Å². The van der Waals surface area contributed by atoms with Crippen molar-refractivity contribution in [2.45, 2.75) is 52.5 Å². The van der Waals surface area contributed by atoms with E-state index in [0.29, 0.717) is 18.8 Å². The van der Waals surface area contributed by atoms with Gasteiger partial charge in [0.25, 0.3) is 0 Å². The van der Waals surface area contributed by atoms with Gasteiger partial charge in [0, 0.05) is 41.7 Å². The highest BCUT2D eigenvalue weighted by molar-refractivity contribution is 6.02. The number of halogens is 1. The number of ketones is 1. The third kappa shape index (κ3) is 5.10. The Bertz CT molecular complexity index is 852. The molecule has 2 aromatic heterocycles. The average Bonchev–Trinajstić information content (AvgIpc) is 3.17. The summed E-state index contributed by atoms with van der Waals surface area (Å²) in [6.07, 6.45) is 5.54. The topological polar surface area (TPSA) is 55.3 Å². The van der Waals surface area contributed by atoms with Crippen molar-refractivity contribution in [1.29, 1.82) is 0 Å². The highest BCUT2D eigenvalue weighted by Crippen LogP contribution is 2.39. The third-order valence-electron chi connectivity index (χ3n) is 6.27. The van der Waals surface area contributed by atoms with E-state index in [1.54, 1.807) is 12.3 Å². The van der Waals surface area contributed by atoms with Gasteiger partial charge in [-0.3, -0.25) is 19.7 Å². The van der Waals surface area contributed by atoms with Crippen molar-refractivity contribution in [3.05, 3.63) is 59.4 Å². The molecule has 3 rings (SSSR count). The fourth-order valence-corrected chi connectivity index (χ4v) is 4.17. The minimum absolute atomic E-state index is 0.0465. The molecule has 0 N–H and O–H groups in total. The smallest absolute Gasteiger partial charge is 0.184 e. The molecule has 30 heavy (non-hydrogen) atoms. The molecule has 0 aromatic carbocycles. The van der Waals surface area contributed by atoms with Crippen molar-refractivity contribution in [3.63, 3.8) is 0 Å². The summed E-state index contributed by atoms with van der Waals surface area (Å²) in [6, 6.07) is 6.93. The van der Waals surface area contributed by atoms with Gasteiger partial charge < -0.3 is 4.74 Å². The maximum absolute atomic E-state index is 13.2. The Morgan fingerprint density at radius 3 is 2.67 bits per heavy atom. The molecule has 0 aliphatic carbocycles. The zero-order chi connectivity index (χ0) is 21.8. The van der Waals surface area contributed by atoms with Crippen LogP contribution >= 0.6 is 0 Å². The summed E-state index contributed by atoms with van der Waals surface area (Å²) in [7, 11) is 0. The number of Topliss-reactive ketones (excluding diaryl/α,β-unsaturated/α-hetero) is 1. The summed E-state index contributed by atoms with van der Waals surface area (Å²) in [5, 5.41) is 0. The van der Waals surface area contributed by atoms with Gasteiger partial charge in [-0.2, -0.15) is 0 Å². The maximum atomic E-state index is 13.2. The first-order valence-electron chi connectivity index (χ1n) is 10.7. The van der Waals surface area contributed by atoms with Crippen molar-refractivity contribution >= 4 is 5.78 Å². The number of likely N-dealkylation sites (tertiary alicyclic amines) is 1. The molecule has 1 saturated heterocycles. The summed E-state index contributed by atoms with van der Waals surface area (Å²) in [6.45, 7) is 10.8. The number of pyridine rings is 2.